The topological polar surface area (TPSA) is 21.6 Å². The minimum absolute atomic E-state index is 0.552. The first-order valence-electron chi connectivity index (χ1n) is 6.66. The molecule has 2 aromatic carbocycles. The molecular weight excluding hydrogens is 270 g/mol. The summed E-state index contributed by atoms with van der Waals surface area (Å²) in [6, 6.07) is 14.3. The van der Waals surface area contributed by atoms with Crippen LogP contribution in [0.25, 0.3) is 11.1 Å². The van der Waals surface area contributed by atoms with Crippen molar-refractivity contribution < 1.29 is 4.84 Å². The van der Waals surface area contributed by atoms with Gasteiger partial charge in [-0.2, -0.15) is 0 Å². The van der Waals surface area contributed by atoms with Crippen LogP contribution in [0.2, 0.25) is 5.02 Å². The van der Waals surface area contributed by atoms with Gasteiger partial charge in [0.2, 0.25) is 0 Å². The zero-order valence-electron chi connectivity index (χ0n) is 12.0. The lowest BCUT2D eigenvalue weighted by molar-refractivity contribution is 0.159. The largest absolute Gasteiger partial charge is 0.396 e. The second-order valence-corrected chi connectivity index (χ2v) is 5.01. The molecule has 2 rings (SSSR count). The smallest absolute Gasteiger partial charge is 0.114 e. The lowest BCUT2D eigenvalue weighted by Gasteiger charge is -2.09. The molecule has 0 saturated heterocycles. The fourth-order valence-corrected chi connectivity index (χ4v) is 2.40. The van der Waals surface area contributed by atoms with E-state index in [0.29, 0.717) is 11.6 Å². The first-order valence-corrected chi connectivity index (χ1v) is 7.03. The van der Waals surface area contributed by atoms with E-state index in [4.69, 9.17) is 16.4 Å². The van der Waals surface area contributed by atoms with Gasteiger partial charge < -0.3 is 4.84 Å². The van der Waals surface area contributed by atoms with Crippen molar-refractivity contribution in [2.24, 2.45) is 5.16 Å². The third-order valence-electron chi connectivity index (χ3n) is 3.15. The van der Waals surface area contributed by atoms with E-state index >= 15 is 0 Å². The molecular formula is C17H18ClNO. The maximum atomic E-state index is 6.37. The zero-order valence-corrected chi connectivity index (χ0v) is 12.7. The van der Waals surface area contributed by atoms with Crippen LogP contribution < -0.4 is 0 Å². The molecule has 2 nitrogen and oxygen atoms in total. The zero-order chi connectivity index (χ0) is 14.5. The van der Waals surface area contributed by atoms with Crippen LogP contribution in [0.1, 0.15) is 25.0 Å². The molecule has 0 spiro atoms. The lowest BCUT2D eigenvalue weighted by atomic mass is 9.99. The third-order valence-corrected chi connectivity index (χ3v) is 3.46. The molecule has 3 heteroatoms. The molecule has 2 aromatic rings. The van der Waals surface area contributed by atoms with Crippen LogP contribution >= 0.6 is 11.6 Å². The minimum atomic E-state index is 0.552. The van der Waals surface area contributed by atoms with E-state index in [2.05, 4.69) is 30.3 Å². The summed E-state index contributed by atoms with van der Waals surface area (Å²) in [6.45, 7) is 6.44. The highest BCUT2D eigenvalue weighted by molar-refractivity contribution is 6.34. The van der Waals surface area contributed by atoms with Gasteiger partial charge in [0.25, 0.3) is 0 Å². The Morgan fingerprint density at radius 1 is 1.20 bits per heavy atom. The number of rotatable bonds is 4. The summed E-state index contributed by atoms with van der Waals surface area (Å²) < 4.78 is 0. The highest BCUT2D eigenvalue weighted by atomic mass is 35.5. The van der Waals surface area contributed by atoms with Gasteiger partial charge in [0.15, 0.2) is 0 Å². The average Bonchev–Trinajstić information content (AvgIpc) is 2.45. The molecule has 0 saturated carbocycles. The molecule has 104 valence electrons. The standard InChI is InChI=1S/C17H18ClNO/c1-4-20-19-13(3)16-10-9-14(11-17(16)18)15-8-6-5-7-12(15)2/h5-11H,4H2,1-3H3. The van der Waals surface area contributed by atoms with E-state index in [1.165, 1.54) is 11.1 Å². The van der Waals surface area contributed by atoms with Crippen molar-refractivity contribution in [1.82, 2.24) is 0 Å². The summed E-state index contributed by atoms with van der Waals surface area (Å²) in [6.07, 6.45) is 0. The number of benzene rings is 2. The van der Waals surface area contributed by atoms with Gasteiger partial charge in [0.1, 0.15) is 6.61 Å². The number of hydrogen-bond acceptors (Lipinski definition) is 2. The quantitative estimate of drug-likeness (QED) is 0.568. The maximum absolute atomic E-state index is 6.37. The number of oxime groups is 1. The van der Waals surface area contributed by atoms with E-state index in [-0.39, 0.29) is 0 Å². The second kappa shape index (κ2) is 6.58. The summed E-state index contributed by atoms with van der Waals surface area (Å²) in [5.41, 5.74) is 5.23. The Hall–Kier alpha value is -1.80. The van der Waals surface area contributed by atoms with Crippen LogP contribution in [0.4, 0.5) is 0 Å². The third kappa shape index (κ3) is 3.20. The Labute approximate surface area is 125 Å². The highest BCUT2D eigenvalue weighted by Crippen LogP contribution is 2.28. The number of hydrogen-bond donors (Lipinski definition) is 0. The van der Waals surface area contributed by atoms with Gasteiger partial charge in [-0.25, -0.2) is 0 Å². The van der Waals surface area contributed by atoms with Gasteiger partial charge in [-0.3, -0.25) is 0 Å². The first-order chi connectivity index (χ1) is 9.63. The Morgan fingerprint density at radius 2 is 1.95 bits per heavy atom. The number of nitrogens with zero attached hydrogens (tertiary/aromatic N) is 1. The molecule has 0 atom stereocenters. The Bertz CT molecular complexity index is 635. The molecule has 0 amide bonds. The summed E-state index contributed by atoms with van der Waals surface area (Å²) in [5, 5.41) is 4.71. The van der Waals surface area contributed by atoms with Gasteiger partial charge in [0, 0.05) is 5.56 Å². The average molecular weight is 288 g/mol. The van der Waals surface area contributed by atoms with Crippen molar-refractivity contribution in [2.45, 2.75) is 20.8 Å². The van der Waals surface area contributed by atoms with Crippen molar-refractivity contribution in [2.75, 3.05) is 6.61 Å². The molecule has 0 aliphatic heterocycles. The fourth-order valence-electron chi connectivity index (χ4n) is 2.08. The molecule has 20 heavy (non-hydrogen) atoms. The summed E-state index contributed by atoms with van der Waals surface area (Å²) >= 11 is 6.37. The van der Waals surface area contributed by atoms with Crippen LogP contribution in [-0.2, 0) is 4.84 Å². The van der Waals surface area contributed by atoms with E-state index in [0.717, 1.165) is 16.8 Å². The van der Waals surface area contributed by atoms with Crippen molar-refractivity contribution in [3.63, 3.8) is 0 Å². The van der Waals surface area contributed by atoms with Crippen molar-refractivity contribution in [1.29, 1.82) is 0 Å². The molecule has 0 radical (unpaired) electrons. The number of aryl methyl sites for hydroxylation is 1. The summed E-state index contributed by atoms with van der Waals surface area (Å²) in [5.74, 6) is 0. The van der Waals surface area contributed by atoms with E-state index in [1.54, 1.807) is 0 Å². The molecule has 0 heterocycles. The van der Waals surface area contributed by atoms with Crippen LogP contribution in [0.5, 0.6) is 0 Å². The molecule has 0 unspecified atom stereocenters. The normalized spacial score (nSPS) is 11.5. The summed E-state index contributed by atoms with van der Waals surface area (Å²) in [4.78, 5) is 5.07. The van der Waals surface area contributed by atoms with E-state index < -0.39 is 0 Å². The monoisotopic (exact) mass is 287 g/mol. The second-order valence-electron chi connectivity index (χ2n) is 4.60. The SMILES string of the molecule is CCON=C(C)c1ccc(-c2ccccc2C)cc1Cl. The van der Waals surface area contributed by atoms with Gasteiger partial charge in [-0.1, -0.05) is 53.2 Å². The molecule has 0 N–H and O–H groups in total. The minimum Gasteiger partial charge on any atom is -0.396 e. The van der Waals surface area contributed by atoms with Gasteiger partial charge >= 0.3 is 0 Å². The van der Waals surface area contributed by atoms with E-state index in [9.17, 15) is 0 Å². The van der Waals surface area contributed by atoms with Crippen molar-refractivity contribution in [3.05, 3.63) is 58.6 Å². The Balaban J connectivity index is 2.38. The fraction of sp³-hybridized carbons (Fsp3) is 0.235. The number of halogens is 1. The van der Waals surface area contributed by atoms with Gasteiger partial charge in [0.05, 0.1) is 10.7 Å². The predicted molar refractivity (Wildman–Crippen MR) is 85.5 cm³/mol. The van der Waals surface area contributed by atoms with Crippen LogP contribution in [0, 0.1) is 6.92 Å². The first kappa shape index (κ1) is 14.6. The molecule has 0 bridgehead atoms. The molecule has 0 fully saturated rings. The predicted octanol–water partition coefficient (Wildman–Crippen LogP) is 5.08. The maximum Gasteiger partial charge on any atom is 0.114 e. The Morgan fingerprint density at radius 3 is 2.60 bits per heavy atom. The van der Waals surface area contributed by atoms with Crippen molar-refractivity contribution in [3.8, 4) is 11.1 Å². The van der Waals surface area contributed by atoms with Crippen molar-refractivity contribution >= 4 is 17.3 Å². The molecule has 0 aliphatic carbocycles. The summed E-state index contributed by atoms with van der Waals surface area (Å²) in [7, 11) is 0. The van der Waals surface area contributed by atoms with E-state index in [1.807, 2.05) is 38.1 Å². The van der Waals surface area contributed by atoms with Gasteiger partial charge in [-0.05, 0) is 43.5 Å². The Kier molecular flexibility index (Phi) is 4.80. The van der Waals surface area contributed by atoms with Crippen LogP contribution in [0.15, 0.2) is 47.6 Å². The van der Waals surface area contributed by atoms with Crippen LogP contribution in [-0.4, -0.2) is 12.3 Å². The van der Waals surface area contributed by atoms with Crippen LogP contribution in [0.3, 0.4) is 0 Å². The molecule has 0 aliphatic rings. The van der Waals surface area contributed by atoms with Gasteiger partial charge in [-0.15, -0.1) is 0 Å². The lowest BCUT2D eigenvalue weighted by Crippen LogP contribution is -1.98. The molecule has 0 aromatic heterocycles. The highest BCUT2D eigenvalue weighted by Gasteiger charge is 2.08.